The Balaban J connectivity index is 2.42. The van der Waals surface area contributed by atoms with E-state index in [0.717, 1.165) is 21.5 Å². The summed E-state index contributed by atoms with van der Waals surface area (Å²) < 4.78 is 27.2. The molecule has 4 nitrogen and oxygen atoms in total. The van der Waals surface area contributed by atoms with E-state index in [-0.39, 0.29) is 0 Å². The molecule has 1 saturated heterocycles. The molecule has 2 heterocycles. The smallest absolute Gasteiger partial charge is 0.207 e. The minimum absolute atomic E-state index is 0.321. The van der Waals surface area contributed by atoms with Gasteiger partial charge in [-0.3, -0.25) is 0 Å². The molecule has 1 unspecified atom stereocenters. The molecular formula is C11H13BrN2O2S2. The van der Waals surface area contributed by atoms with Gasteiger partial charge in [-0.2, -0.15) is 9.57 Å². The van der Waals surface area contributed by atoms with Crippen LogP contribution in [-0.4, -0.2) is 25.3 Å². The molecule has 1 aliphatic rings. The quantitative estimate of drug-likeness (QED) is 0.825. The minimum atomic E-state index is -3.54. The number of rotatable bonds is 2. The molecule has 18 heavy (non-hydrogen) atoms. The molecule has 1 aromatic rings. The van der Waals surface area contributed by atoms with Crippen LogP contribution in [0.1, 0.15) is 24.1 Å². The first-order valence-electron chi connectivity index (χ1n) is 5.64. The van der Waals surface area contributed by atoms with Crippen LogP contribution in [0.2, 0.25) is 0 Å². The second-order valence-corrected chi connectivity index (χ2v) is 8.72. The first-order chi connectivity index (χ1) is 8.46. The molecule has 1 fully saturated rings. The van der Waals surface area contributed by atoms with E-state index in [1.54, 1.807) is 13.0 Å². The third-order valence-electron chi connectivity index (χ3n) is 3.03. The molecule has 7 heteroatoms. The van der Waals surface area contributed by atoms with Gasteiger partial charge in [0.1, 0.15) is 6.04 Å². The molecular weight excluding hydrogens is 336 g/mol. The summed E-state index contributed by atoms with van der Waals surface area (Å²) in [4.78, 5) is 1.07. The topological polar surface area (TPSA) is 61.2 Å². The molecule has 0 spiro atoms. The number of nitrogens with zero attached hydrogens (tertiary/aromatic N) is 2. The van der Waals surface area contributed by atoms with Crippen molar-refractivity contribution in [2.45, 2.75) is 37.1 Å². The summed E-state index contributed by atoms with van der Waals surface area (Å²) in [5.41, 5.74) is 0. The maximum Gasteiger partial charge on any atom is 0.245 e. The summed E-state index contributed by atoms with van der Waals surface area (Å²) in [5.74, 6) is 0. The Morgan fingerprint density at radius 1 is 1.56 bits per heavy atom. The van der Waals surface area contributed by atoms with Crippen LogP contribution in [0, 0.1) is 18.3 Å². The van der Waals surface area contributed by atoms with Gasteiger partial charge in [-0.05, 0) is 48.2 Å². The number of halogens is 1. The fourth-order valence-corrected chi connectivity index (χ4v) is 6.13. The van der Waals surface area contributed by atoms with Crippen molar-refractivity contribution in [3.63, 3.8) is 0 Å². The lowest BCUT2D eigenvalue weighted by atomic mass is 10.1. The van der Waals surface area contributed by atoms with Crippen LogP contribution in [0.3, 0.4) is 0 Å². The summed E-state index contributed by atoms with van der Waals surface area (Å²) in [5, 5.41) is 9.08. The van der Waals surface area contributed by atoms with Gasteiger partial charge in [0.25, 0.3) is 0 Å². The lowest BCUT2D eigenvalue weighted by molar-refractivity contribution is 0.297. The van der Waals surface area contributed by atoms with Crippen LogP contribution in [0.25, 0.3) is 0 Å². The summed E-state index contributed by atoms with van der Waals surface area (Å²) in [6, 6.07) is 3.19. The number of nitriles is 1. The Morgan fingerprint density at radius 2 is 2.28 bits per heavy atom. The Kier molecular flexibility index (Phi) is 4.11. The van der Waals surface area contributed by atoms with E-state index < -0.39 is 16.1 Å². The van der Waals surface area contributed by atoms with E-state index in [2.05, 4.69) is 22.0 Å². The number of piperidine rings is 1. The Morgan fingerprint density at radius 3 is 2.83 bits per heavy atom. The highest BCUT2D eigenvalue weighted by Gasteiger charge is 2.35. The van der Waals surface area contributed by atoms with Gasteiger partial charge < -0.3 is 0 Å². The fourth-order valence-electron chi connectivity index (χ4n) is 2.13. The van der Waals surface area contributed by atoms with Gasteiger partial charge in [-0.15, -0.1) is 11.3 Å². The average Bonchev–Trinajstić information content (AvgIpc) is 2.69. The molecule has 0 aromatic carbocycles. The first-order valence-corrected chi connectivity index (χ1v) is 8.69. The van der Waals surface area contributed by atoms with E-state index in [4.69, 9.17) is 5.26 Å². The van der Waals surface area contributed by atoms with Crippen molar-refractivity contribution in [2.75, 3.05) is 6.54 Å². The second kappa shape index (κ2) is 5.29. The van der Waals surface area contributed by atoms with Crippen molar-refractivity contribution < 1.29 is 8.42 Å². The zero-order chi connectivity index (χ0) is 13.3. The maximum atomic E-state index is 12.6. The zero-order valence-corrected chi connectivity index (χ0v) is 13.1. The molecule has 0 aliphatic carbocycles. The van der Waals surface area contributed by atoms with E-state index >= 15 is 0 Å². The second-order valence-electron chi connectivity index (χ2n) is 4.23. The predicted octanol–water partition coefficient (Wildman–Crippen LogP) is 2.89. The van der Waals surface area contributed by atoms with Crippen LogP contribution >= 0.6 is 27.3 Å². The van der Waals surface area contributed by atoms with E-state index in [0.29, 0.717) is 17.9 Å². The minimum Gasteiger partial charge on any atom is -0.207 e. The molecule has 1 atom stereocenters. The third-order valence-corrected chi connectivity index (χ3v) is 6.75. The third kappa shape index (κ3) is 2.48. The number of aryl methyl sites for hydroxylation is 1. The van der Waals surface area contributed by atoms with Gasteiger partial charge in [0, 0.05) is 11.4 Å². The van der Waals surface area contributed by atoms with Crippen LogP contribution in [0.15, 0.2) is 14.7 Å². The lowest BCUT2D eigenvalue weighted by Crippen LogP contribution is -2.42. The molecule has 0 amide bonds. The van der Waals surface area contributed by atoms with Crippen LogP contribution in [-0.2, 0) is 10.0 Å². The van der Waals surface area contributed by atoms with Crippen LogP contribution < -0.4 is 0 Å². The standard InChI is InChI=1S/C11H13BrN2O2S2/c1-8-10(6-11(12)17-8)18(15,16)14-5-3-2-4-9(14)7-13/h6,9H,2-5H2,1H3. The van der Waals surface area contributed by atoms with Crippen molar-refractivity contribution in [3.05, 3.63) is 14.7 Å². The molecule has 0 radical (unpaired) electrons. The highest BCUT2D eigenvalue weighted by molar-refractivity contribution is 9.11. The van der Waals surface area contributed by atoms with Crippen molar-refractivity contribution >= 4 is 37.3 Å². The van der Waals surface area contributed by atoms with Gasteiger partial charge in [-0.25, -0.2) is 8.42 Å². The summed E-state index contributed by atoms with van der Waals surface area (Å²) >= 11 is 4.70. The van der Waals surface area contributed by atoms with Crippen molar-refractivity contribution in [3.8, 4) is 6.07 Å². The highest BCUT2D eigenvalue weighted by atomic mass is 79.9. The normalized spacial score (nSPS) is 21.7. The van der Waals surface area contributed by atoms with Gasteiger partial charge in [0.2, 0.25) is 10.0 Å². The maximum absolute atomic E-state index is 12.6. The summed E-state index contributed by atoms with van der Waals surface area (Å²) in [6.07, 6.45) is 2.36. The molecule has 1 aliphatic heterocycles. The molecule has 2 rings (SSSR count). The average molecular weight is 349 g/mol. The Labute approximate surface area is 119 Å². The number of thiophene rings is 1. The molecule has 1 aromatic heterocycles. The highest BCUT2D eigenvalue weighted by Crippen LogP contribution is 2.33. The van der Waals surface area contributed by atoms with Gasteiger partial charge in [-0.1, -0.05) is 0 Å². The Hall–Kier alpha value is -0.420. The first kappa shape index (κ1) is 14.0. The zero-order valence-electron chi connectivity index (χ0n) is 9.89. The van der Waals surface area contributed by atoms with Crippen LogP contribution in [0.5, 0.6) is 0 Å². The molecule has 0 saturated carbocycles. The van der Waals surface area contributed by atoms with E-state index in [1.165, 1.54) is 15.6 Å². The lowest BCUT2D eigenvalue weighted by Gasteiger charge is -2.30. The van der Waals surface area contributed by atoms with E-state index in [1.807, 2.05) is 0 Å². The summed E-state index contributed by atoms with van der Waals surface area (Å²) in [7, 11) is -3.54. The largest absolute Gasteiger partial charge is 0.245 e. The van der Waals surface area contributed by atoms with E-state index in [9.17, 15) is 8.42 Å². The summed E-state index contributed by atoms with van der Waals surface area (Å²) in [6.45, 7) is 2.22. The predicted molar refractivity (Wildman–Crippen MR) is 73.9 cm³/mol. The number of hydrogen-bond acceptors (Lipinski definition) is 4. The van der Waals surface area contributed by atoms with Gasteiger partial charge in [0.05, 0.1) is 14.8 Å². The van der Waals surface area contributed by atoms with Crippen LogP contribution in [0.4, 0.5) is 0 Å². The molecule has 98 valence electrons. The molecule has 0 N–H and O–H groups in total. The van der Waals surface area contributed by atoms with Gasteiger partial charge >= 0.3 is 0 Å². The van der Waals surface area contributed by atoms with Crippen molar-refractivity contribution in [1.29, 1.82) is 5.26 Å². The number of hydrogen-bond donors (Lipinski definition) is 0. The monoisotopic (exact) mass is 348 g/mol. The number of sulfonamides is 1. The fraction of sp³-hybridized carbons (Fsp3) is 0.545. The Bertz CT molecular complexity index is 589. The SMILES string of the molecule is Cc1sc(Br)cc1S(=O)(=O)N1CCCCC1C#N. The van der Waals surface area contributed by atoms with Gasteiger partial charge in [0.15, 0.2) is 0 Å². The van der Waals surface area contributed by atoms with Crippen molar-refractivity contribution in [2.24, 2.45) is 0 Å². The molecule has 0 bridgehead atoms. The van der Waals surface area contributed by atoms with Crippen molar-refractivity contribution in [1.82, 2.24) is 4.31 Å².